The first-order chi connectivity index (χ1) is 13.2. The zero-order valence-corrected chi connectivity index (χ0v) is 14.7. The summed E-state index contributed by atoms with van der Waals surface area (Å²) in [5, 5.41) is 7.14. The molecule has 1 N–H and O–H groups in total. The number of aromatic amines is 1. The molecule has 3 aromatic rings. The van der Waals surface area contributed by atoms with Crippen molar-refractivity contribution >= 4 is 5.91 Å². The van der Waals surface area contributed by atoms with Crippen molar-refractivity contribution in [1.82, 2.24) is 24.6 Å². The summed E-state index contributed by atoms with van der Waals surface area (Å²) in [6.07, 6.45) is 4.46. The zero-order valence-electron chi connectivity index (χ0n) is 14.7. The van der Waals surface area contributed by atoms with Gasteiger partial charge < -0.3 is 9.47 Å². The van der Waals surface area contributed by atoms with Gasteiger partial charge in [-0.2, -0.15) is 5.10 Å². The van der Waals surface area contributed by atoms with Crippen LogP contribution in [0.25, 0.3) is 11.3 Å². The summed E-state index contributed by atoms with van der Waals surface area (Å²) in [5.41, 5.74) is 3.16. The Balaban J connectivity index is 1.40. The molecule has 1 amide bonds. The minimum atomic E-state index is -0.0425. The van der Waals surface area contributed by atoms with Crippen LogP contribution in [0.15, 0.2) is 53.6 Å². The van der Waals surface area contributed by atoms with Crippen LogP contribution in [0.4, 0.5) is 0 Å². The zero-order chi connectivity index (χ0) is 18.4. The van der Waals surface area contributed by atoms with E-state index in [1.54, 1.807) is 24.5 Å². The second-order valence-corrected chi connectivity index (χ2v) is 7.32. The Kier molecular flexibility index (Phi) is 3.67. The van der Waals surface area contributed by atoms with Gasteiger partial charge in [0.2, 0.25) is 0 Å². The second kappa shape index (κ2) is 6.19. The number of fused-ring (bicyclic) bond motifs is 4. The maximum Gasteiger partial charge on any atom is 0.271 e. The van der Waals surface area contributed by atoms with Crippen LogP contribution >= 0.6 is 0 Å². The van der Waals surface area contributed by atoms with Gasteiger partial charge in [0, 0.05) is 55.3 Å². The summed E-state index contributed by atoms with van der Waals surface area (Å²) in [4.78, 5) is 31.1. The van der Waals surface area contributed by atoms with Crippen molar-refractivity contribution in [2.24, 2.45) is 5.92 Å². The first kappa shape index (κ1) is 16.0. The molecule has 7 heteroatoms. The number of nitrogens with zero attached hydrogens (tertiary/aromatic N) is 4. The molecular weight excluding hydrogens is 342 g/mol. The predicted octanol–water partition coefficient (Wildman–Crippen LogP) is 1.89. The number of carbonyl (C=O) groups excluding carboxylic acids is 1. The quantitative estimate of drug-likeness (QED) is 0.755. The van der Waals surface area contributed by atoms with Gasteiger partial charge in [-0.15, -0.1) is 0 Å². The number of aromatic nitrogens is 4. The number of H-pyrrole nitrogens is 1. The van der Waals surface area contributed by atoms with E-state index in [1.165, 1.54) is 0 Å². The standard InChI is InChI=1S/C20H19N5O2/c26-19-5-1-4-18-15-7-13(11-25(18)19)10-24(12-15)20(27)17-8-16(22-23-17)14-3-2-6-21-9-14/h1-6,8-9,13,15H,7,10-12H2,(H,22,23). The molecule has 136 valence electrons. The van der Waals surface area contributed by atoms with Crippen LogP contribution in [0.1, 0.15) is 28.5 Å². The van der Waals surface area contributed by atoms with E-state index in [9.17, 15) is 9.59 Å². The lowest BCUT2D eigenvalue weighted by molar-refractivity contribution is 0.0588. The average Bonchev–Trinajstić information content (AvgIpc) is 3.19. The third kappa shape index (κ3) is 2.75. The van der Waals surface area contributed by atoms with E-state index in [0.29, 0.717) is 36.9 Å². The highest BCUT2D eigenvalue weighted by Gasteiger charge is 2.36. The highest BCUT2D eigenvalue weighted by molar-refractivity contribution is 5.93. The lowest BCUT2D eigenvalue weighted by atomic mass is 9.83. The SMILES string of the molecule is O=C(c1cc(-c2cccnc2)n[nH]1)N1CC2CC(C1)c1cccc(=O)n1C2. The maximum absolute atomic E-state index is 13.0. The number of amides is 1. The van der Waals surface area contributed by atoms with Gasteiger partial charge in [-0.1, -0.05) is 6.07 Å². The molecule has 2 aliphatic heterocycles. The fourth-order valence-electron chi connectivity index (χ4n) is 4.33. The minimum absolute atomic E-state index is 0.0425. The van der Waals surface area contributed by atoms with Crippen molar-refractivity contribution in [3.8, 4) is 11.3 Å². The van der Waals surface area contributed by atoms with Crippen LogP contribution in [0.5, 0.6) is 0 Å². The number of hydrogen-bond acceptors (Lipinski definition) is 4. The van der Waals surface area contributed by atoms with Gasteiger partial charge >= 0.3 is 0 Å². The number of pyridine rings is 2. The monoisotopic (exact) mass is 361 g/mol. The van der Waals surface area contributed by atoms with Crippen molar-refractivity contribution in [3.63, 3.8) is 0 Å². The minimum Gasteiger partial charge on any atom is -0.336 e. The number of carbonyl (C=O) groups is 1. The molecule has 2 atom stereocenters. The van der Waals surface area contributed by atoms with E-state index >= 15 is 0 Å². The molecule has 0 aliphatic carbocycles. The third-order valence-corrected chi connectivity index (χ3v) is 5.53. The fourth-order valence-corrected chi connectivity index (χ4v) is 4.33. The summed E-state index contributed by atoms with van der Waals surface area (Å²) < 4.78 is 1.87. The van der Waals surface area contributed by atoms with Crippen molar-refractivity contribution in [2.75, 3.05) is 13.1 Å². The molecule has 0 aromatic carbocycles. The molecular formula is C20H19N5O2. The number of hydrogen-bond donors (Lipinski definition) is 1. The van der Waals surface area contributed by atoms with E-state index < -0.39 is 0 Å². The number of rotatable bonds is 2. The van der Waals surface area contributed by atoms with Crippen LogP contribution in [0.2, 0.25) is 0 Å². The number of nitrogens with one attached hydrogen (secondary N) is 1. The van der Waals surface area contributed by atoms with E-state index in [2.05, 4.69) is 15.2 Å². The van der Waals surface area contributed by atoms with Crippen LogP contribution < -0.4 is 5.56 Å². The van der Waals surface area contributed by atoms with Gasteiger partial charge in [0.25, 0.3) is 11.5 Å². The largest absolute Gasteiger partial charge is 0.336 e. The van der Waals surface area contributed by atoms with Gasteiger partial charge in [-0.05, 0) is 36.6 Å². The predicted molar refractivity (Wildman–Crippen MR) is 99.3 cm³/mol. The summed E-state index contributed by atoms with van der Waals surface area (Å²) >= 11 is 0. The van der Waals surface area contributed by atoms with Gasteiger partial charge in [0.15, 0.2) is 0 Å². The molecule has 2 bridgehead atoms. The van der Waals surface area contributed by atoms with E-state index in [1.807, 2.05) is 33.7 Å². The molecule has 0 saturated carbocycles. The summed E-state index contributed by atoms with van der Waals surface area (Å²) in [7, 11) is 0. The Morgan fingerprint density at radius 3 is 2.93 bits per heavy atom. The average molecular weight is 361 g/mol. The maximum atomic E-state index is 13.0. The molecule has 2 aliphatic rings. The van der Waals surface area contributed by atoms with E-state index in [4.69, 9.17) is 0 Å². The summed E-state index contributed by atoms with van der Waals surface area (Å²) in [6.45, 7) is 1.97. The van der Waals surface area contributed by atoms with Gasteiger partial charge in [-0.3, -0.25) is 19.7 Å². The Morgan fingerprint density at radius 2 is 2.07 bits per heavy atom. The van der Waals surface area contributed by atoms with Gasteiger partial charge in [0.05, 0.1) is 5.69 Å². The molecule has 5 heterocycles. The lowest BCUT2D eigenvalue weighted by Crippen LogP contribution is -2.49. The number of piperidine rings is 1. The summed E-state index contributed by atoms with van der Waals surface area (Å²) in [6, 6.07) is 11.0. The lowest BCUT2D eigenvalue weighted by Gasteiger charge is -2.42. The van der Waals surface area contributed by atoms with Crippen molar-refractivity contribution in [1.29, 1.82) is 0 Å². The van der Waals surface area contributed by atoms with Crippen LogP contribution in [-0.4, -0.2) is 43.6 Å². The summed E-state index contributed by atoms with van der Waals surface area (Å²) in [5.74, 6) is 0.469. The second-order valence-electron chi connectivity index (χ2n) is 7.32. The van der Waals surface area contributed by atoms with Crippen LogP contribution in [-0.2, 0) is 6.54 Å². The van der Waals surface area contributed by atoms with Crippen LogP contribution in [0, 0.1) is 5.92 Å². The smallest absolute Gasteiger partial charge is 0.271 e. The Hall–Kier alpha value is -3.22. The molecule has 1 saturated heterocycles. The highest BCUT2D eigenvalue weighted by Crippen LogP contribution is 2.35. The molecule has 0 radical (unpaired) electrons. The van der Waals surface area contributed by atoms with Crippen LogP contribution in [0.3, 0.4) is 0 Å². The van der Waals surface area contributed by atoms with Crippen molar-refractivity contribution in [2.45, 2.75) is 18.9 Å². The first-order valence-corrected chi connectivity index (χ1v) is 9.14. The van der Waals surface area contributed by atoms with Crippen molar-refractivity contribution < 1.29 is 4.79 Å². The van der Waals surface area contributed by atoms with Gasteiger partial charge in [-0.25, -0.2) is 0 Å². The molecule has 7 nitrogen and oxygen atoms in total. The third-order valence-electron chi connectivity index (χ3n) is 5.53. The molecule has 3 aromatic heterocycles. The Morgan fingerprint density at radius 1 is 1.15 bits per heavy atom. The molecule has 27 heavy (non-hydrogen) atoms. The Bertz CT molecular complexity index is 1060. The van der Waals surface area contributed by atoms with Gasteiger partial charge in [0.1, 0.15) is 5.69 Å². The molecule has 2 unspecified atom stereocenters. The first-order valence-electron chi connectivity index (χ1n) is 9.14. The normalized spacial score (nSPS) is 21.0. The highest BCUT2D eigenvalue weighted by atomic mass is 16.2. The molecule has 5 rings (SSSR count). The van der Waals surface area contributed by atoms with E-state index in [-0.39, 0.29) is 17.4 Å². The molecule has 0 spiro atoms. The van der Waals surface area contributed by atoms with Crippen molar-refractivity contribution in [3.05, 3.63) is 70.5 Å². The Labute approximate surface area is 155 Å². The molecule has 1 fully saturated rings. The van der Waals surface area contributed by atoms with E-state index in [0.717, 1.165) is 17.7 Å². The topological polar surface area (TPSA) is 83.9 Å². The fraction of sp³-hybridized carbons (Fsp3) is 0.300. The number of likely N-dealkylation sites (tertiary alicyclic amines) is 1.